The summed E-state index contributed by atoms with van der Waals surface area (Å²) in [5.41, 5.74) is 1.39. The zero-order chi connectivity index (χ0) is 11.3. The molecule has 2 nitrogen and oxygen atoms in total. The molecule has 1 aromatic heterocycles. The summed E-state index contributed by atoms with van der Waals surface area (Å²) in [7, 11) is 2.08. The topological polar surface area (TPSA) is 25.2 Å². The highest BCUT2D eigenvalue weighted by molar-refractivity contribution is 5.27. The lowest BCUT2D eigenvalue weighted by atomic mass is 9.97. The van der Waals surface area contributed by atoms with Gasteiger partial charge < -0.3 is 9.73 Å². The van der Waals surface area contributed by atoms with Gasteiger partial charge in [-0.1, -0.05) is 6.42 Å². The number of rotatable bonds is 3. The fourth-order valence-corrected chi connectivity index (χ4v) is 3.89. The third-order valence-electron chi connectivity index (χ3n) is 4.58. The predicted octanol–water partition coefficient (Wildman–Crippen LogP) is 3.20. The first-order chi connectivity index (χ1) is 7.72. The van der Waals surface area contributed by atoms with Gasteiger partial charge in [0.25, 0.3) is 0 Å². The normalized spacial score (nSPS) is 33.8. The predicted molar refractivity (Wildman–Crippen MR) is 64.3 cm³/mol. The van der Waals surface area contributed by atoms with Crippen molar-refractivity contribution in [1.82, 2.24) is 5.32 Å². The highest BCUT2D eigenvalue weighted by Crippen LogP contribution is 2.62. The Kier molecular flexibility index (Phi) is 2.36. The summed E-state index contributed by atoms with van der Waals surface area (Å²) in [5.74, 6) is 4.99. The van der Waals surface area contributed by atoms with Gasteiger partial charge in [-0.2, -0.15) is 0 Å². The SMILES string of the molecule is CNC(c1cc(C)oc1C)C1C2CCCC21. The molecule has 3 unspecified atom stereocenters. The van der Waals surface area contributed by atoms with Crippen molar-refractivity contribution in [3.8, 4) is 0 Å². The molecule has 0 aromatic carbocycles. The van der Waals surface area contributed by atoms with Crippen LogP contribution in [0.2, 0.25) is 0 Å². The van der Waals surface area contributed by atoms with E-state index in [-0.39, 0.29) is 0 Å². The third-order valence-corrected chi connectivity index (χ3v) is 4.58. The second-order valence-corrected chi connectivity index (χ2v) is 5.47. The van der Waals surface area contributed by atoms with Crippen molar-refractivity contribution < 1.29 is 4.42 Å². The Morgan fingerprint density at radius 2 is 2.00 bits per heavy atom. The molecule has 2 heteroatoms. The Hall–Kier alpha value is -0.760. The van der Waals surface area contributed by atoms with Gasteiger partial charge >= 0.3 is 0 Å². The number of nitrogens with one attached hydrogen (secondary N) is 1. The number of furan rings is 1. The smallest absolute Gasteiger partial charge is 0.105 e. The molecule has 16 heavy (non-hydrogen) atoms. The van der Waals surface area contributed by atoms with Crippen molar-refractivity contribution in [2.45, 2.75) is 39.2 Å². The van der Waals surface area contributed by atoms with Gasteiger partial charge in [0.1, 0.15) is 11.5 Å². The first-order valence-electron chi connectivity index (χ1n) is 6.46. The fraction of sp³-hybridized carbons (Fsp3) is 0.714. The molecule has 0 amide bonds. The molecule has 0 radical (unpaired) electrons. The van der Waals surface area contributed by atoms with Crippen LogP contribution in [0, 0.1) is 31.6 Å². The standard InChI is InChI=1S/C14H21NO/c1-8-7-12(9(2)16-8)14(15-3)13-10-5-4-6-11(10)13/h7,10-11,13-15H,4-6H2,1-3H3. The summed E-state index contributed by atoms with van der Waals surface area (Å²) in [6.07, 6.45) is 4.35. The molecule has 0 aliphatic heterocycles. The van der Waals surface area contributed by atoms with E-state index in [1.54, 1.807) is 0 Å². The van der Waals surface area contributed by atoms with Gasteiger partial charge in [0, 0.05) is 11.6 Å². The van der Waals surface area contributed by atoms with Crippen molar-refractivity contribution in [1.29, 1.82) is 0 Å². The van der Waals surface area contributed by atoms with Crippen LogP contribution in [0.15, 0.2) is 10.5 Å². The summed E-state index contributed by atoms with van der Waals surface area (Å²) in [6, 6.07) is 2.73. The van der Waals surface area contributed by atoms with Crippen LogP contribution in [0.5, 0.6) is 0 Å². The van der Waals surface area contributed by atoms with Crippen molar-refractivity contribution in [2.75, 3.05) is 7.05 Å². The minimum atomic E-state index is 0.521. The van der Waals surface area contributed by atoms with E-state index in [2.05, 4.69) is 25.4 Å². The van der Waals surface area contributed by atoms with Crippen LogP contribution in [-0.2, 0) is 0 Å². The van der Waals surface area contributed by atoms with E-state index in [1.807, 2.05) is 6.92 Å². The van der Waals surface area contributed by atoms with E-state index in [9.17, 15) is 0 Å². The van der Waals surface area contributed by atoms with Gasteiger partial charge in [0.2, 0.25) is 0 Å². The van der Waals surface area contributed by atoms with Gasteiger partial charge in [-0.15, -0.1) is 0 Å². The molecule has 0 spiro atoms. The third kappa shape index (κ3) is 1.43. The summed E-state index contributed by atoms with van der Waals surface area (Å²) in [4.78, 5) is 0. The van der Waals surface area contributed by atoms with E-state index in [4.69, 9.17) is 4.42 Å². The molecular formula is C14H21NO. The highest BCUT2D eigenvalue weighted by Gasteiger charge is 2.56. The van der Waals surface area contributed by atoms with Crippen LogP contribution in [0.1, 0.15) is 42.4 Å². The molecule has 2 aliphatic carbocycles. The quantitative estimate of drug-likeness (QED) is 0.844. The Balaban J connectivity index is 1.84. The molecule has 1 heterocycles. The lowest BCUT2D eigenvalue weighted by Crippen LogP contribution is -2.20. The summed E-state index contributed by atoms with van der Waals surface area (Å²) in [6.45, 7) is 4.13. The van der Waals surface area contributed by atoms with Gasteiger partial charge in [0.15, 0.2) is 0 Å². The van der Waals surface area contributed by atoms with Crippen LogP contribution in [-0.4, -0.2) is 7.05 Å². The minimum Gasteiger partial charge on any atom is -0.466 e. The maximum atomic E-state index is 5.66. The molecule has 1 N–H and O–H groups in total. The number of fused-ring (bicyclic) bond motifs is 1. The first kappa shape index (κ1) is 10.4. The van der Waals surface area contributed by atoms with Crippen molar-refractivity contribution in [3.63, 3.8) is 0 Å². The van der Waals surface area contributed by atoms with E-state index in [1.165, 1.54) is 24.8 Å². The van der Waals surface area contributed by atoms with Crippen molar-refractivity contribution in [3.05, 3.63) is 23.2 Å². The van der Waals surface area contributed by atoms with Crippen molar-refractivity contribution >= 4 is 0 Å². The lowest BCUT2D eigenvalue weighted by molar-refractivity contribution is 0.431. The summed E-state index contributed by atoms with van der Waals surface area (Å²) < 4.78 is 5.66. The van der Waals surface area contributed by atoms with Gasteiger partial charge in [-0.3, -0.25) is 0 Å². The van der Waals surface area contributed by atoms with Gasteiger partial charge in [-0.25, -0.2) is 0 Å². The molecule has 88 valence electrons. The molecular weight excluding hydrogens is 198 g/mol. The molecule has 0 bridgehead atoms. The number of hydrogen-bond acceptors (Lipinski definition) is 2. The fourth-order valence-electron chi connectivity index (χ4n) is 3.89. The van der Waals surface area contributed by atoms with Gasteiger partial charge in [0.05, 0.1) is 0 Å². The van der Waals surface area contributed by atoms with Gasteiger partial charge in [-0.05, 0) is 57.6 Å². The molecule has 2 saturated carbocycles. The van der Waals surface area contributed by atoms with Crippen LogP contribution >= 0.6 is 0 Å². The molecule has 2 aliphatic rings. The lowest BCUT2D eigenvalue weighted by Gasteiger charge is -2.17. The minimum absolute atomic E-state index is 0.521. The zero-order valence-corrected chi connectivity index (χ0v) is 10.4. The summed E-state index contributed by atoms with van der Waals surface area (Å²) in [5, 5.41) is 3.50. The van der Waals surface area contributed by atoms with Crippen LogP contribution in [0.25, 0.3) is 0 Å². The first-order valence-corrected chi connectivity index (χ1v) is 6.46. The maximum Gasteiger partial charge on any atom is 0.105 e. The molecule has 1 aromatic rings. The van der Waals surface area contributed by atoms with Crippen molar-refractivity contribution in [2.24, 2.45) is 17.8 Å². The van der Waals surface area contributed by atoms with Crippen LogP contribution < -0.4 is 5.32 Å². The second kappa shape index (κ2) is 3.63. The average Bonchev–Trinajstić information content (AvgIpc) is 2.63. The Morgan fingerprint density at radius 1 is 1.31 bits per heavy atom. The summed E-state index contributed by atoms with van der Waals surface area (Å²) >= 11 is 0. The molecule has 2 fully saturated rings. The molecule has 3 atom stereocenters. The molecule has 3 rings (SSSR count). The second-order valence-electron chi connectivity index (χ2n) is 5.47. The zero-order valence-electron chi connectivity index (χ0n) is 10.4. The van der Waals surface area contributed by atoms with E-state index >= 15 is 0 Å². The Bertz CT molecular complexity index is 385. The number of aryl methyl sites for hydroxylation is 2. The Morgan fingerprint density at radius 3 is 2.50 bits per heavy atom. The average molecular weight is 219 g/mol. The van der Waals surface area contributed by atoms with E-state index in [0.717, 1.165) is 29.3 Å². The van der Waals surface area contributed by atoms with E-state index in [0.29, 0.717) is 6.04 Å². The van der Waals surface area contributed by atoms with Crippen LogP contribution in [0.3, 0.4) is 0 Å². The largest absolute Gasteiger partial charge is 0.466 e. The molecule has 0 saturated heterocycles. The van der Waals surface area contributed by atoms with E-state index < -0.39 is 0 Å². The number of hydrogen-bond donors (Lipinski definition) is 1. The highest BCUT2D eigenvalue weighted by atomic mass is 16.3. The maximum absolute atomic E-state index is 5.66. The Labute approximate surface area is 97.4 Å². The monoisotopic (exact) mass is 219 g/mol. The van der Waals surface area contributed by atoms with Crippen LogP contribution in [0.4, 0.5) is 0 Å².